The number of rotatable bonds is 6. The minimum Gasteiger partial charge on any atom is -0.492 e. The van der Waals surface area contributed by atoms with Crippen LogP contribution in [-0.4, -0.2) is 51.1 Å². The van der Waals surface area contributed by atoms with Crippen LogP contribution >= 0.6 is 24.8 Å². The molecule has 1 aliphatic heterocycles. The molecule has 1 amide bonds. The Morgan fingerprint density at radius 2 is 2.00 bits per heavy atom. The van der Waals surface area contributed by atoms with E-state index in [9.17, 15) is 4.79 Å². The summed E-state index contributed by atoms with van der Waals surface area (Å²) in [6, 6.07) is 7.60. The van der Waals surface area contributed by atoms with E-state index in [1.807, 2.05) is 38.4 Å². The van der Waals surface area contributed by atoms with E-state index < -0.39 is 0 Å². The van der Waals surface area contributed by atoms with Crippen LogP contribution in [0.25, 0.3) is 0 Å². The molecule has 0 spiro atoms. The van der Waals surface area contributed by atoms with Gasteiger partial charge >= 0.3 is 0 Å². The fraction of sp³-hybridized carbons (Fsp3) is 0.562. The molecule has 23 heavy (non-hydrogen) atoms. The number of likely N-dealkylation sites (N-methyl/N-ethyl adjacent to an activating group) is 1. The maximum Gasteiger partial charge on any atom is 0.227 e. The van der Waals surface area contributed by atoms with Crippen LogP contribution in [-0.2, 0) is 4.79 Å². The third-order valence-corrected chi connectivity index (χ3v) is 3.62. The molecule has 132 valence electrons. The van der Waals surface area contributed by atoms with Gasteiger partial charge in [-0.3, -0.25) is 4.79 Å². The molecule has 0 aromatic heterocycles. The molecule has 0 bridgehead atoms. The second-order valence-corrected chi connectivity index (χ2v) is 5.69. The highest BCUT2D eigenvalue weighted by atomic mass is 35.5. The lowest BCUT2D eigenvalue weighted by molar-refractivity contribution is -0.120. The first kappa shape index (κ1) is 22.0. The van der Waals surface area contributed by atoms with Gasteiger partial charge in [0.05, 0.1) is 0 Å². The topological polar surface area (TPSA) is 53.6 Å². The first-order chi connectivity index (χ1) is 10.1. The molecular formula is C16H27Cl2N3O2. The highest BCUT2D eigenvalue weighted by Gasteiger charge is 2.20. The third-order valence-electron chi connectivity index (χ3n) is 3.62. The van der Waals surface area contributed by atoms with Gasteiger partial charge in [-0.1, -0.05) is 6.07 Å². The number of hydrogen-bond donors (Lipinski definition) is 2. The van der Waals surface area contributed by atoms with Crippen LogP contribution in [0.1, 0.15) is 12.8 Å². The molecule has 0 radical (unpaired) electrons. The van der Waals surface area contributed by atoms with E-state index in [4.69, 9.17) is 4.74 Å². The molecule has 0 unspecified atom stereocenters. The van der Waals surface area contributed by atoms with Crippen LogP contribution in [0.4, 0.5) is 5.69 Å². The number of amides is 1. The zero-order chi connectivity index (χ0) is 15.1. The zero-order valence-corrected chi connectivity index (χ0v) is 15.3. The summed E-state index contributed by atoms with van der Waals surface area (Å²) in [5.74, 6) is 1.02. The van der Waals surface area contributed by atoms with Crippen molar-refractivity contribution in [3.05, 3.63) is 24.3 Å². The maximum atomic E-state index is 12.2. The Hall–Kier alpha value is -1.01. The number of piperidine rings is 1. The van der Waals surface area contributed by atoms with E-state index in [1.165, 1.54) is 0 Å². The van der Waals surface area contributed by atoms with Crippen LogP contribution in [0.15, 0.2) is 24.3 Å². The highest BCUT2D eigenvalue weighted by Crippen LogP contribution is 2.20. The summed E-state index contributed by atoms with van der Waals surface area (Å²) in [5, 5.41) is 6.26. The molecule has 2 rings (SSSR count). The monoisotopic (exact) mass is 363 g/mol. The molecule has 0 saturated carbocycles. The minimum atomic E-state index is 0. The maximum absolute atomic E-state index is 12.2. The number of benzene rings is 1. The van der Waals surface area contributed by atoms with E-state index in [1.54, 1.807) is 0 Å². The van der Waals surface area contributed by atoms with Crippen molar-refractivity contribution < 1.29 is 9.53 Å². The smallest absolute Gasteiger partial charge is 0.227 e. The normalized spacial score (nSPS) is 14.6. The summed E-state index contributed by atoms with van der Waals surface area (Å²) < 4.78 is 5.68. The molecule has 1 heterocycles. The van der Waals surface area contributed by atoms with Gasteiger partial charge in [0.2, 0.25) is 5.91 Å². The van der Waals surface area contributed by atoms with Crippen molar-refractivity contribution >= 4 is 36.4 Å². The van der Waals surface area contributed by atoms with Crippen molar-refractivity contribution in [2.45, 2.75) is 12.8 Å². The Morgan fingerprint density at radius 1 is 1.30 bits per heavy atom. The molecule has 5 nitrogen and oxygen atoms in total. The minimum absolute atomic E-state index is 0. The zero-order valence-electron chi connectivity index (χ0n) is 13.7. The average molecular weight is 364 g/mol. The SMILES string of the molecule is CN(C)CCOc1cccc(NC(=O)C2CCNCC2)c1.Cl.Cl. The summed E-state index contributed by atoms with van der Waals surface area (Å²) in [4.78, 5) is 14.3. The molecule has 1 aliphatic rings. The van der Waals surface area contributed by atoms with Crippen LogP contribution in [0.3, 0.4) is 0 Å². The summed E-state index contributed by atoms with van der Waals surface area (Å²) in [7, 11) is 4.03. The number of anilines is 1. The van der Waals surface area contributed by atoms with Gasteiger partial charge in [-0.15, -0.1) is 24.8 Å². The van der Waals surface area contributed by atoms with Crippen LogP contribution in [0.2, 0.25) is 0 Å². The lowest BCUT2D eigenvalue weighted by Crippen LogP contribution is -2.34. The molecule has 0 atom stereocenters. The highest BCUT2D eigenvalue weighted by molar-refractivity contribution is 5.92. The quantitative estimate of drug-likeness (QED) is 0.814. The van der Waals surface area contributed by atoms with E-state index in [0.717, 1.165) is 43.9 Å². The number of nitrogens with one attached hydrogen (secondary N) is 2. The number of nitrogens with zero attached hydrogens (tertiary/aromatic N) is 1. The predicted octanol–water partition coefficient (Wildman–Crippen LogP) is 2.41. The largest absolute Gasteiger partial charge is 0.492 e. The first-order valence-electron chi connectivity index (χ1n) is 7.54. The number of hydrogen-bond acceptors (Lipinski definition) is 4. The van der Waals surface area contributed by atoms with Gasteiger partial charge in [0.15, 0.2) is 0 Å². The predicted molar refractivity (Wildman–Crippen MR) is 99.2 cm³/mol. The molecular weight excluding hydrogens is 337 g/mol. The number of halogens is 2. The van der Waals surface area contributed by atoms with Crippen molar-refractivity contribution in [1.29, 1.82) is 0 Å². The van der Waals surface area contributed by atoms with Gasteiger partial charge in [-0.25, -0.2) is 0 Å². The Kier molecular flexibility index (Phi) is 11.0. The molecule has 1 aromatic rings. The van der Waals surface area contributed by atoms with E-state index >= 15 is 0 Å². The fourth-order valence-corrected chi connectivity index (χ4v) is 2.34. The second kappa shape index (κ2) is 11.5. The van der Waals surface area contributed by atoms with Crippen molar-refractivity contribution in [3.63, 3.8) is 0 Å². The Morgan fingerprint density at radius 3 is 2.65 bits per heavy atom. The second-order valence-electron chi connectivity index (χ2n) is 5.69. The van der Waals surface area contributed by atoms with Gasteiger partial charge < -0.3 is 20.3 Å². The summed E-state index contributed by atoms with van der Waals surface area (Å²) in [6.45, 7) is 3.35. The standard InChI is InChI=1S/C16H25N3O2.2ClH/c1-19(2)10-11-21-15-5-3-4-14(12-15)18-16(20)13-6-8-17-9-7-13;;/h3-5,12-13,17H,6-11H2,1-2H3,(H,18,20);2*1H. The first-order valence-corrected chi connectivity index (χ1v) is 7.54. The van der Waals surface area contributed by atoms with Crippen molar-refractivity contribution in [1.82, 2.24) is 10.2 Å². The summed E-state index contributed by atoms with van der Waals surface area (Å²) in [5.41, 5.74) is 0.806. The van der Waals surface area contributed by atoms with Crippen molar-refractivity contribution in [3.8, 4) is 5.75 Å². The molecule has 1 saturated heterocycles. The van der Waals surface area contributed by atoms with Gasteiger partial charge in [0, 0.05) is 24.2 Å². The van der Waals surface area contributed by atoms with E-state index in [0.29, 0.717) is 6.61 Å². The van der Waals surface area contributed by atoms with Crippen molar-refractivity contribution in [2.24, 2.45) is 5.92 Å². The Labute approximate surface area is 151 Å². The Balaban J connectivity index is 0.00000242. The average Bonchev–Trinajstić information content (AvgIpc) is 2.48. The van der Waals surface area contributed by atoms with Gasteiger partial charge in [-0.05, 0) is 52.2 Å². The van der Waals surface area contributed by atoms with Crippen LogP contribution < -0.4 is 15.4 Å². The van der Waals surface area contributed by atoms with E-state index in [-0.39, 0.29) is 36.6 Å². The number of carbonyl (C=O) groups is 1. The Bertz CT molecular complexity index is 466. The summed E-state index contributed by atoms with van der Waals surface area (Å²) >= 11 is 0. The van der Waals surface area contributed by atoms with Crippen LogP contribution in [0, 0.1) is 5.92 Å². The molecule has 1 aromatic carbocycles. The van der Waals surface area contributed by atoms with Gasteiger partial charge in [0.1, 0.15) is 12.4 Å². The molecule has 1 fully saturated rings. The third kappa shape index (κ3) is 7.88. The summed E-state index contributed by atoms with van der Waals surface area (Å²) in [6.07, 6.45) is 1.82. The van der Waals surface area contributed by atoms with Gasteiger partial charge in [0.25, 0.3) is 0 Å². The van der Waals surface area contributed by atoms with E-state index in [2.05, 4.69) is 15.5 Å². The van der Waals surface area contributed by atoms with Gasteiger partial charge in [-0.2, -0.15) is 0 Å². The molecule has 0 aliphatic carbocycles. The number of carbonyl (C=O) groups excluding carboxylic acids is 1. The fourth-order valence-electron chi connectivity index (χ4n) is 2.34. The lowest BCUT2D eigenvalue weighted by atomic mass is 9.97. The van der Waals surface area contributed by atoms with Crippen molar-refractivity contribution in [2.75, 3.05) is 45.7 Å². The lowest BCUT2D eigenvalue weighted by Gasteiger charge is -2.21. The van der Waals surface area contributed by atoms with Crippen LogP contribution in [0.5, 0.6) is 5.75 Å². The molecule has 7 heteroatoms. The molecule has 2 N–H and O–H groups in total. The number of ether oxygens (including phenoxy) is 1.